The van der Waals surface area contributed by atoms with Gasteiger partial charge in [0.1, 0.15) is 6.61 Å². The molecule has 4 heteroatoms. The number of amides is 1. The van der Waals surface area contributed by atoms with Gasteiger partial charge in [0.05, 0.1) is 0 Å². The summed E-state index contributed by atoms with van der Waals surface area (Å²) in [4.78, 5) is 13.2. The molecule has 0 unspecified atom stereocenters. The van der Waals surface area contributed by atoms with Gasteiger partial charge in [-0.1, -0.05) is 29.8 Å². The van der Waals surface area contributed by atoms with Crippen LogP contribution in [0.5, 0.6) is 0 Å². The lowest BCUT2D eigenvalue weighted by Crippen LogP contribution is -2.30. The molecule has 88 valence electrons. The highest BCUT2D eigenvalue weighted by molar-refractivity contribution is 6.31. The molecule has 1 aromatic rings. The third-order valence-electron chi connectivity index (χ3n) is 2.33. The van der Waals surface area contributed by atoms with Crippen LogP contribution in [-0.2, 0) is 11.3 Å². The molecule has 16 heavy (non-hydrogen) atoms. The van der Waals surface area contributed by atoms with E-state index in [9.17, 15) is 4.79 Å². The smallest absolute Gasteiger partial charge is 0.410 e. The molecule has 1 aromatic carbocycles. The van der Waals surface area contributed by atoms with Crippen LogP contribution in [0.4, 0.5) is 4.79 Å². The van der Waals surface area contributed by atoms with Crippen molar-refractivity contribution in [2.75, 3.05) is 13.1 Å². The van der Waals surface area contributed by atoms with Crippen molar-refractivity contribution in [3.63, 3.8) is 0 Å². The molecule has 0 atom stereocenters. The first-order chi connectivity index (χ1) is 7.69. The Kier molecular flexibility index (Phi) is 5.12. The van der Waals surface area contributed by atoms with Crippen LogP contribution in [0, 0.1) is 0 Å². The van der Waals surface area contributed by atoms with E-state index in [4.69, 9.17) is 16.3 Å². The summed E-state index contributed by atoms with van der Waals surface area (Å²) in [5.74, 6) is 0. The van der Waals surface area contributed by atoms with Crippen LogP contribution >= 0.6 is 11.6 Å². The zero-order chi connectivity index (χ0) is 12.0. The second kappa shape index (κ2) is 6.38. The van der Waals surface area contributed by atoms with Gasteiger partial charge in [-0.15, -0.1) is 0 Å². The van der Waals surface area contributed by atoms with Crippen molar-refractivity contribution in [3.8, 4) is 0 Å². The van der Waals surface area contributed by atoms with Gasteiger partial charge in [-0.3, -0.25) is 0 Å². The second-order valence-corrected chi connectivity index (χ2v) is 3.73. The lowest BCUT2D eigenvalue weighted by molar-refractivity contribution is 0.0999. The second-order valence-electron chi connectivity index (χ2n) is 3.32. The summed E-state index contributed by atoms with van der Waals surface area (Å²) in [6.07, 6.45) is -0.301. The highest BCUT2D eigenvalue weighted by atomic mass is 35.5. The molecule has 0 aliphatic carbocycles. The Labute approximate surface area is 101 Å². The van der Waals surface area contributed by atoms with Crippen LogP contribution in [0.1, 0.15) is 19.4 Å². The fourth-order valence-electron chi connectivity index (χ4n) is 1.33. The van der Waals surface area contributed by atoms with Gasteiger partial charge in [-0.05, 0) is 19.9 Å². The highest BCUT2D eigenvalue weighted by Gasteiger charge is 2.11. The van der Waals surface area contributed by atoms with Gasteiger partial charge >= 0.3 is 6.09 Å². The summed E-state index contributed by atoms with van der Waals surface area (Å²) in [7, 11) is 0. The predicted molar refractivity (Wildman–Crippen MR) is 64.6 cm³/mol. The summed E-state index contributed by atoms with van der Waals surface area (Å²) < 4.78 is 5.16. The third kappa shape index (κ3) is 3.42. The minimum atomic E-state index is -0.301. The first kappa shape index (κ1) is 12.8. The van der Waals surface area contributed by atoms with Gasteiger partial charge in [-0.2, -0.15) is 0 Å². The van der Waals surface area contributed by atoms with Gasteiger partial charge in [0.15, 0.2) is 0 Å². The van der Waals surface area contributed by atoms with E-state index in [1.54, 1.807) is 11.0 Å². The van der Waals surface area contributed by atoms with Crippen molar-refractivity contribution >= 4 is 17.7 Å². The van der Waals surface area contributed by atoms with Crippen molar-refractivity contribution in [1.82, 2.24) is 4.90 Å². The number of benzene rings is 1. The Morgan fingerprint density at radius 1 is 1.31 bits per heavy atom. The van der Waals surface area contributed by atoms with E-state index in [1.807, 2.05) is 32.0 Å². The van der Waals surface area contributed by atoms with E-state index in [0.29, 0.717) is 18.1 Å². The minimum Gasteiger partial charge on any atom is -0.444 e. The standard InChI is InChI=1S/C12H16ClNO2/c1-3-14(4-2)12(15)16-9-10-7-5-6-8-11(10)13/h5-8H,3-4,9H2,1-2H3. The lowest BCUT2D eigenvalue weighted by Gasteiger charge is -2.18. The quantitative estimate of drug-likeness (QED) is 0.809. The van der Waals surface area contributed by atoms with E-state index in [2.05, 4.69) is 0 Å². The zero-order valence-electron chi connectivity index (χ0n) is 9.57. The van der Waals surface area contributed by atoms with Crippen molar-refractivity contribution in [1.29, 1.82) is 0 Å². The number of carbonyl (C=O) groups excluding carboxylic acids is 1. The van der Waals surface area contributed by atoms with Crippen molar-refractivity contribution < 1.29 is 9.53 Å². The van der Waals surface area contributed by atoms with E-state index < -0.39 is 0 Å². The van der Waals surface area contributed by atoms with Crippen molar-refractivity contribution in [2.24, 2.45) is 0 Å². The van der Waals surface area contributed by atoms with Gasteiger partial charge in [0, 0.05) is 23.7 Å². The molecular weight excluding hydrogens is 226 g/mol. The summed E-state index contributed by atoms with van der Waals surface area (Å²) >= 11 is 5.95. The SMILES string of the molecule is CCN(CC)C(=O)OCc1ccccc1Cl. The first-order valence-electron chi connectivity index (χ1n) is 5.34. The molecule has 0 spiro atoms. The summed E-state index contributed by atoms with van der Waals surface area (Å²) in [5, 5.41) is 0.620. The van der Waals surface area contributed by atoms with Crippen LogP contribution in [0.3, 0.4) is 0 Å². The van der Waals surface area contributed by atoms with Crippen LogP contribution < -0.4 is 0 Å². The van der Waals surface area contributed by atoms with Crippen molar-refractivity contribution in [2.45, 2.75) is 20.5 Å². The van der Waals surface area contributed by atoms with Crippen LogP contribution in [0.25, 0.3) is 0 Å². The summed E-state index contributed by atoms with van der Waals surface area (Å²) in [6, 6.07) is 7.34. The fourth-order valence-corrected chi connectivity index (χ4v) is 1.52. The Morgan fingerprint density at radius 2 is 1.94 bits per heavy atom. The number of hydrogen-bond acceptors (Lipinski definition) is 2. The Morgan fingerprint density at radius 3 is 2.50 bits per heavy atom. The first-order valence-corrected chi connectivity index (χ1v) is 5.72. The Balaban J connectivity index is 2.52. The predicted octanol–water partition coefficient (Wildman–Crippen LogP) is 3.32. The molecule has 0 bridgehead atoms. The molecule has 0 saturated carbocycles. The largest absolute Gasteiger partial charge is 0.444 e. The fraction of sp³-hybridized carbons (Fsp3) is 0.417. The number of halogens is 1. The maximum atomic E-state index is 11.6. The summed E-state index contributed by atoms with van der Waals surface area (Å²) in [6.45, 7) is 5.35. The van der Waals surface area contributed by atoms with Gasteiger partial charge in [0.2, 0.25) is 0 Å². The maximum Gasteiger partial charge on any atom is 0.410 e. The number of carbonyl (C=O) groups is 1. The average molecular weight is 242 g/mol. The lowest BCUT2D eigenvalue weighted by atomic mass is 10.2. The molecule has 0 saturated heterocycles. The molecule has 0 aromatic heterocycles. The molecule has 0 heterocycles. The molecule has 1 amide bonds. The Bertz CT molecular complexity index is 351. The molecule has 0 aliphatic heterocycles. The average Bonchev–Trinajstić information content (AvgIpc) is 2.29. The molecule has 0 aliphatic rings. The van der Waals surface area contributed by atoms with E-state index in [0.717, 1.165) is 5.56 Å². The number of hydrogen-bond donors (Lipinski definition) is 0. The monoisotopic (exact) mass is 241 g/mol. The molecule has 0 radical (unpaired) electrons. The molecule has 0 fully saturated rings. The topological polar surface area (TPSA) is 29.5 Å². The molecular formula is C12H16ClNO2. The molecule has 3 nitrogen and oxygen atoms in total. The number of nitrogens with zero attached hydrogens (tertiary/aromatic N) is 1. The molecule has 1 rings (SSSR count). The van der Waals surface area contributed by atoms with Crippen LogP contribution in [0.2, 0.25) is 5.02 Å². The zero-order valence-corrected chi connectivity index (χ0v) is 10.3. The number of rotatable bonds is 4. The van der Waals surface area contributed by atoms with Crippen molar-refractivity contribution in [3.05, 3.63) is 34.9 Å². The number of ether oxygens (including phenoxy) is 1. The minimum absolute atomic E-state index is 0.217. The Hall–Kier alpha value is -1.22. The van der Waals surface area contributed by atoms with Gasteiger partial charge < -0.3 is 9.64 Å². The van der Waals surface area contributed by atoms with Crippen LogP contribution in [0.15, 0.2) is 24.3 Å². The van der Waals surface area contributed by atoms with Crippen LogP contribution in [-0.4, -0.2) is 24.1 Å². The normalized spacial score (nSPS) is 9.94. The third-order valence-corrected chi connectivity index (χ3v) is 2.70. The maximum absolute atomic E-state index is 11.6. The van der Waals surface area contributed by atoms with E-state index >= 15 is 0 Å². The highest BCUT2D eigenvalue weighted by Crippen LogP contribution is 2.16. The van der Waals surface area contributed by atoms with Gasteiger partial charge in [0.25, 0.3) is 0 Å². The van der Waals surface area contributed by atoms with E-state index in [1.165, 1.54) is 0 Å². The summed E-state index contributed by atoms with van der Waals surface area (Å²) in [5.41, 5.74) is 0.824. The molecule has 0 N–H and O–H groups in total. The van der Waals surface area contributed by atoms with Gasteiger partial charge in [-0.25, -0.2) is 4.79 Å². The van der Waals surface area contributed by atoms with E-state index in [-0.39, 0.29) is 12.7 Å².